The summed E-state index contributed by atoms with van der Waals surface area (Å²) in [5, 5.41) is 6.19. The van der Waals surface area contributed by atoms with Crippen LogP contribution in [0.25, 0.3) is 0 Å². The second kappa shape index (κ2) is 7.44. The number of allylic oxidation sites excluding steroid dienone is 2. The molecule has 1 rings (SSSR count). The number of nitrogens with one attached hydrogen (secondary N) is 2. The zero-order chi connectivity index (χ0) is 11.8. The van der Waals surface area contributed by atoms with Crippen molar-refractivity contribution in [3.8, 4) is 0 Å². The van der Waals surface area contributed by atoms with Crippen molar-refractivity contribution in [3.05, 3.63) is 12.2 Å². The van der Waals surface area contributed by atoms with Crippen LogP contribution in [-0.4, -0.2) is 25.0 Å². The van der Waals surface area contributed by atoms with Gasteiger partial charge in [-0.05, 0) is 45.1 Å². The van der Waals surface area contributed by atoms with E-state index in [4.69, 9.17) is 0 Å². The second-order valence-corrected chi connectivity index (χ2v) is 4.66. The molecule has 0 heterocycles. The van der Waals surface area contributed by atoms with Crippen LogP contribution in [0.3, 0.4) is 0 Å². The third-order valence-corrected chi connectivity index (χ3v) is 3.12. The summed E-state index contributed by atoms with van der Waals surface area (Å²) in [6.07, 6.45) is 9.06. The van der Waals surface area contributed by atoms with Gasteiger partial charge in [0.1, 0.15) is 0 Å². The third kappa shape index (κ3) is 5.31. The minimum absolute atomic E-state index is 0.112. The van der Waals surface area contributed by atoms with Gasteiger partial charge >= 0.3 is 0 Å². The van der Waals surface area contributed by atoms with E-state index in [1.54, 1.807) is 0 Å². The molecule has 0 spiro atoms. The topological polar surface area (TPSA) is 41.1 Å². The van der Waals surface area contributed by atoms with E-state index in [0.29, 0.717) is 12.5 Å². The lowest BCUT2D eigenvalue weighted by atomic mass is 9.94. The van der Waals surface area contributed by atoms with Gasteiger partial charge in [0.15, 0.2) is 0 Å². The second-order valence-electron chi connectivity index (χ2n) is 4.66. The van der Waals surface area contributed by atoms with Crippen molar-refractivity contribution in [1.29, 1.82) is 0 Å². The smallest absolute Gasteiger partial charge is 0.234 e. The molecule has 0 saturated heterocycles. The Morgan fingerprint density at radius 3 is 2.94 bits per heavy atom. The fourth-order valence-electron chi connectivity index (χ4n) is 1.86. The normalized spacial score (nSPS) is 21.8. The summed E-state index contributed by atoms with van der Waals surface area (Å²) in [5.41, 5.74) is 0. The average Bonchev–Trinajstić information content (AvgIpc) is 2.30. The zero-order valence-electron chi connectivity index (χ0n) is 10.5. The van der Waals surface area contributed by atoms with Gasteiger partial charge in [-0.15, -0.1) is 0 Å². The molecule has 0 aromatic heterocycles. The average molecular weight is 224 g/mol. The Bertz CT molecular complexity index is 238. The quantitative estimate of drug-likeness (QED) is 0.676. The summed E-state index contributed by atoms with van der Waals surface area (Å²) in [6.45, 7) is 5.51. The summed E-state index contributed by atoms with van der Waals surface area (Å²) in [5.74, 6) is 0.821. The highest BCUT2D eigenvalue weighted by molar-refractivity contribution is 5.78. The summed E-state index contributed by atoms with van der Waals surface area (Å²) >= 11 is 0. The molecular weight excluding hydrogens is 200 g/mol. The summed E-state index contributed by atoms with van der Waals surface area (Å²) in [4.78, 5) is 11.5. The molecule has 16 heavy (non-hydrogen) atoms. The van der Waals surface area contributed by atoms with Crippen molar-refractivity contribution >= 4 is 5.91 Å². The zero-order valence-corrected chi connectivity index (χ0v) is 10.5. The Kier molecular flexibility index (Phi) is 6.16. The van der Waals surface area contributed by atoms with Crippen LogP contribution < -0.4 is 10.6 Å². The fourth-order valence-corrected chi connectivity index (χ4v) is 1.86. The van der Waals surface area contributed by atoms with E-state index in [1.807, 2.05) is 6.92 Å². The molecule has 2 N–H and O–H groups in total. The minimum atomic E-state index is 0.112. The van der Waals surface area contributed by atoms with Crippen LogP contribution in [0.1, 0.15) is 39.5 Å². The van der Waals surface area contributed by atoms with Crippen molar-refractivity contribution in [2.75, 3.05) is 13.1 Å². The van der Waals surface area contributed by atoms with E-state index in [1.165, 1.54) is 12.8 Å². The lowest BCUT2D eigenvalue weighted by Gasteiger charge is -2.18. The lowest BCUT2D eigenvalue weighted by molar-refractivity contribution is -0.120. The molecule has 92 valence electrons. The predicted octanol–water partition coefficient (Wildman–Crippen LogP) is 1.85. The van der Waals surface area contributed by atoms with Gasteiger partial charge in [-0.25, -0.2) is 0 Å². The molecule has 0 aromatic carbocycles. The van der Waals surface area contributed by atoms with Gasteiger partial charge in [0.25, 0.3) is 0 Å². The monoisotopic (exact) mass is 224 g/mol. The number of amides is 1. The van der Waals surface area contributed by atoms with E-state index in [9.17, 15) is 4.79 Å². The minimum Gasteiger partial charge on any atom is -0.353 e. The largest absolute Gasteiger partial charge is 0.353 e. The molecule has 3 nitrogen and oxygen atoms in total. The fraction of sp³-hybridized carbons (Fsp3) is 0.769. The number of rotatable bonds is 6. The number of carbonyl (C=O) groups excluding carboxylic acids is 1. The first-order valence-electron chi connectivity index (χ1n) is 6.37. The van der Waals surface area contributed by atoms with Crippen molar-refractivity contribution in [2.45, 2.75) is 45.6 Å². The summed E-state index contributed by atoms with van der Waals surface area (Å²) in [7, 11) is 0. The Morgan fingerprint density at radius 1 is 1.50 bits per heavy atom. The first-order valence-corrected chi connectivity index (χ1v) is 6.37. The highest BCUT2D eigenvalue weighted by atomic mass is 16.1. The lowest BCUT2D eigenvalue weighted by Crippen LogP contribution is -2.40. The Morgan fingerprint density at radius 2 is 2.31 bits per heavy atom. The molecular formula is C13H24N2O. The van der Waals surface area contributed by atoms with E-state index < -0.39 is 0 Å². The van der Waals surface area contributed by atoms with Gasteiger partial charge < -0.3 is 10.6 Å². The van der Waals surface area contributed by atoms with Crippen LogP contribution in [0.5, 0.6) is 0 Å². The maximum absolute atomic E-state index is 11.5. The van der Waals surface area contributed by atoms with Crippen LogP contribution in [0.15, 0.2) is 12.2 Å². The van der Waals surface area contributed by atoms with E-state index in [0.717, 1.165) is 19.4 Å². The number of carbonyl (C=O) groups is 1. The number of hydrogen-bond acceptors (Lipinski definition) is 2. The first-order chi connectivity index (χ1) is 7.72. The van der Waals surface area contributed by atoms with E-state index in [-0.39, 0.29) is 11.9 Å². The van der Waals surface area contributed by atoms with Gasteiger partial charge in [0, 0.05) is 6.04 Å². The molecule has 2 unspecified atom stereocenters. The van der Waals surface area contributed by atoms with E-state index >= 15 is 0 Å². The van der Waals surface area contributed by atoms with Crippen molar-refractivity contribution < 1.29 is 4.79 Å². The molecule has 0 saturated carbocycles. The molecule has 1 aliphatic rings. The molecule has 0 aromatic rings. The molecule has 0 aliphatic heterocycles. The highest BCUT2D eigenvalue weighted by Crippen LogP contribution is 2.16. The maximum Gasteiger partial charge on any atom is 0.234 e. The van der Waals surface area contributed by atoms with Crippen LogP contribution in [-0.2, 0) is 4.79 Å². The number of hydrogen-bond donors (Lipinski definition) is 2. The third-order valence-electron chi connectivity index (χ3n) is 3.12. The van der Waals surface area contributed by atoms with Crippen LogP contribution >= 0.6 is 0 Å². The molecule has 3 heteroatoms. The van der Waals surface area contributed by atoms with Gasteiger partial charge in [-0.3, -0.25) is 4.79 Å². The molecule has 1 aliphatic carbocycles. The van der Waals surface area contributed by atoms with Crippen molar-refractivity contribution in [1.82, 2.24) is 10.6 Å². The molecule has 1 amide bonds. The SMILES string of the molecule is CCC(C)NC(=O)CNCC1CC=CCC1. The summed E-state index contributed by atoms with van der Waals surface area (Å²) in [6, 6.07) is 0.284. The summed E-state index contributed by atoms with van der Waals surface area (Å²) < 4.78 is 0. The Balaban J connectivity index is 2.05. The molecule has 0 radical (unpaired) electrons. The van der Waals surface area contributed by atoms with Gasteiger partial charge in [-0.1, -0.05) is 19.1 Å². The van der Waals surface area contributed by atoms with Gasteiger partial charge in [0.2, 0.25) is 5.91 Å². The van der Waals surface area contributed by atoms with Crippen LogP contribution in [0.4, 0.5) is 0 Å². The predicted molar refractivity (Wildman–Crippen MR) is 67.2 cm³/mol. The highest BCUT2D eigenvalue weighted by Gasteiger charge is 2.10. The molecule has 0 fully saturated rings. The van der Waals surface area contributed by atoms with Crippen molar-refractivity contribution in [2.24, 2.45) is 5.92 Å². The van der Waals surface area contributed by atoms with Gasteiger partial charge in [-0.2, -0.15) is 0 Å². The van der Waals surface area contributed by atoms with E-state index in [2.05, 4.69) is 29.7 Å². The molecule has 0 bridgehead atoms. The van der Waals surface area contributed by atoms with Crippen LogP contribution in [0.2, 0.25) is 0 Å². The maximum atomic E-state index is 11.5. The van der Waals surface area contributed by atoms with Gasteiger partial charge in [0.05, 0.1) is 6.54 Å². The molecule has 2 atom stereocenters. The first kappa shape index (κ1) is 13.2. The van der Waals surface area contributed by atoms with Crippen LogP contribution in [0, 0.1) is 5.92 Å². The Hall–Kier alpha value is -0.830. The van der Waals surface area contributed by atoms with Crippen molar-refractivity contribution in [3.63, 3.8) is 0 Å². The standard InChI is InChI=1S/C13H24N2O/c1-3-11(2)15-13(16)10-14-9-12-7-5-4-6-8-12/h4-5,11-12,14H,3,6-10H2,1-2H3,(H,15,16). The Labute approximate surface area is 98.7 Å².